The van der Waals surface area contributed by atoms with Crippen molar-refractivity contribution in [1.29, 1.82) is 0 Å². The van der Waals surface area contributed by atoms with E-state index in [1.54, 1.807) is 7.11 Å². The van der Waals surface area contributed by atoms with Gasteiger partial charge in [0.2, 0.25) is 0 Å². The summed E-state index contributed by atoms with van der Waals surface area (Å²) in [7, 11) is 1.63. The molecule has 2 N–H and O–H groups in total. The Morgan fingerprint density at radius 1 is 1.47 bits per heavy atom. The lowest BCUT2D eigenvalue weighted by molar-refractivity contribution is 0.210. The molecule has 0 fully saturated rings. The highest BCUT2D eigenvalue weighted by molar-refractivity contribution is 5.71. The van der Waals surface area contributed by atoms with E-state index in [9.17, 15) is 5.11 Å². The van der Waals surface area contributed by atoms with Crippen molar-refractivity contribution in [2.24, 2.45) is 0 Å². The van der Waals surface area contributed by atoms with Crippen molar-refractivity contribution >= 4 is 11.4 Å². The number of methoxy groups -OCH3 is 1. The van der Waals surface area contributed by atoms with Crippen LogP contribution in [0, 0.1) is 0 Å². The fourth-order valence-electron chi connectivity index (χ4n) is 1.49. The normalized spacial score (nSPS) is 12.5. The summed E-state index contributed by atoms with van der Waals surface area (Å²) in [6, 6.07) is 0. The summed E-state index contributed by atoms with van der Waals surface area (Å²) in [4.78, 5) is 0. The first-order chi connectivity index (χ1) is 8.24. The van der Waals surface area contributed by atoms with Gasteiger partial charge in [0.1, 0.15) is 0 Å². The predicted molar refractivity (Wildman–Crippen MR) is 64.6 cm³/mol. The number of aliphatic hydroxyl groups excluding tert-OH is 1. The molecule has 0 aliphatic carbocycles. The van der Waals surface area contributed by atoms with Crippen molar-refractivity contribution in [2.75, 3.05) is 32.2 Å². The van der Waals surface area contributed by atoms with Crippen molar-refractivity contribution < 1.29 is 14.5 Å². The quantitative estimate of drug-likeness (QED) is 0.700. The van der Waals surface area contributed by atoms with Crippen molar-refractivity contribution in [1.82, 2.24) is 10.3 Å². The van der Waals surface area contributed by atoms with Crippen LogP contribution in [0.5, 0.6) is 0 Å². The molecule has 1 heterocycles. The predicted octanol–water partition coefficient (Wildman–Crippen LogP) is 1.30. The van der Waals surface area contributed by atoms with Crippen LogP contribution in [0.1, 0.15) is 26.0 Å². The topological polar surface area (TPSA) is 80.4 Å². The first-order valence-corrected chi connectivity index (χ1v) is 5.59. The van der Waals surface area contributed by atoms with E-state index in [0.29, 0.717) is 24.7 Å². The minimum atomic E-state index is 0.0205. The number of hydrogen-bond donors (Lipinski definition) is 2. The monoisotopic (exact) mass is 241 g/mol. The number of anilines is 1. The third kappa shape index (κ3) is 3.54. The van der Waals surface area contributed by atoms with Crippen LogP contribution in [0.2, 0.25) is 0 Å². The van der Waals surface area contributed by atoms with E-state index in [4.69, 9.17) is 9.37 Å². The molecule has 6 heteroatoms. The Kier molecular flexibility index (Phi) is 5.65. The number of aromatic nitrogens is 2. The number of nitrogens with zero attached hydrogens (tertiary/aromatic N) is 2. The molecule has 0 aliphatic heterocycles. The Labute approximate surface area is 101 Å². The summed E-state index contributed by atoms with van der Waals surface area (Å²) >= 11 is 0. The van der Waals surface area contributed by atoms with E-state index >= 15 is 0 Å². The Bertz CT molecular complexity index is 368. The van der Waals surface area contributed by atoms with Gasteiger partial charge in [-0.05, 0) is 34.8 Å². The summed E-state index contributed by atoms with van der Waals surface area (Å²) < 4.78 is 9.65. The van der Waals surface area contributed by atoms with E-state index in [1.807, 2.05) is 13.8 Å². The van der Waals surface area contributed by atoms with Crippen molar-refractivity contribution in [3.8, 4) is 0 Å². The van der Waals surface area contributed by atoms with Gasteiger partial charge >= 0.3 is 0 Å². The molecular weight excluding hydrogens is 222 g/mol. The second kappa shape index (κ2) is 7.03. The van der Waals surface area contributed by atoms with Crippen LogP contribution >= 0.6 is 0 Å². The van der Waals surface area contributed by atoms with Crippen LogP contribution in [0.3, 0.4) is 0 Å². The van der Waals surface area contributed by atoms with Gasteiger partial charge in [-0.1, -0.05) is 6.92 Å². The molecule has 6 nitrogen and oxygen atoms in total. The van der Waals surface area contributed by atoms with Gasteiger partial charge in [0.05, 0.1) is 13.2 Å². The molecule has 0 amide bonds. The standard InChI is InChI=1S/C11H19N3O3/c1-4-9(7-15)8(2)10-11(14-17-13-10)12-5-6-16-3/h15H,4-7H2,1-3H3,(H,12,14)/b9-8+. The molecule has 0 saturated heterocycles. The van der Waals surface area contributed by atoms with Gasteiger partial charge < -0.3 is 15.2 Å². The van der Waals surface area contributed by atoms with Gasteiger partial charge in [-0.25, -0.2) is 4.63 Å². The molecule has 0 saturated carbocycles. The molecule has 1 aromatic heterocycles. The van der Waals surface area contributed by atoms with E-state index in [1.165, 1.54) is 0 Å². The largest absolute Gasteiger partial charge is 0.392 e. The van der Waals surface area contributed by atoms with Gasteiger partial charge in [-0.15, -0.1) is 0 Å². The lowest BCUT2D eigenvalue weighted by atomic mass is 10.1. The molecule has 0 bridgehead atoms. The van der Waals surface area contributed by atoms with Gasteiger partial charge in [-0.2, -0.15) is 0 Å². The van der Waals surface area contributed by atoms with Gasteiger partial charge in [-0.3, -0.25) is 0 Å². The molecule has 1 aromatic rings. The van der Waals surface area contributed by atoms with E-state index in [2.05, 4.69) is 15.6 Å². The zero-order valence-corrected chi connectivity index (χ0v) is 10.5. The Morgan fingerprint density at radius 3 is 2.82 bits per heavy atom. The maximum Gasteiger partial charge on any atom is 0.198 e. The third-order valence-electron chi connectivity index (χ3n) is 2.59. The second-order valence-electron chi connectivity index (χ2n) is 3.62. The van der Waals surface area contributed by atoms with Crippen LogP contribution in [0.4, 0.5) is 5.82 Å². The van der Waals surface area contributed by atoms with E-state index < -0.39 is 0 Å². The molecule has 0 aromatic carbocycles. The average molecular weight is 241 g/mol. The fraction of sp³-hybridized carbons (Fsp3) is 0.636. The summed E-state index contributed by atoms with van der Waals surface area (Å²) in [6.07, 6.45) is 0.771. The average Bonchev–Trinajstić information content (AvgIpc) is 2.79. The molecule has 0 unspecified atom stereocenters. The number of aliphatic hydroxyl groups is 1. The summed E-state index contributed by atoms with van der Waals surface area (Å²) in [5, 5.41) is 19.9. The lowest BCUT2D eigenvalue weighted by Crippen LogP contribution is -2.09. The molecule has 0 aliphatic rings. The Morgan fingerprint density at radius 2 is 2.24 bits per heavy atom. The van der Waals surface area contributed by atoms with Gasteiger partial charge in [0, 0.05) is 13.7 Å². The molecule has 96 valence electrons. The molecule has 1 rings (SSSR count). The lowest BCUT2D eigenvalue weighted by Gasteiger charge is -2.07. The first kappa shape index (κ1) is 13.7. The number of hydrogen-bond acceptors (Lipinski definition) is 6. The minimum absolute atomic E-state index is 0.0205. The van der Waals surface area contributed by atoms with Crippen LogP contribution in [0.15, 0.2) is 10.2 Å². The number of rotatable bonds is 7. The van der Waals surface area contributed by atoms with Gasteiger partial charge in [0.25, 0.3) is 0 Å². The molecular formula is C11H19N3O3. The maximum absolute atomic E-state index is 9.22. The van der Waals surface area contributed by atoms with Crippen LogP contribution < -0.4 is 5.32 Å². The summed E-state index contributed by atoms with van der Waals surface area (Å²) in [6.45, 7) is 5.12. The third-order valence-corrected chi connectivity index (χ3v) is 2.59. The first-order valence-electron chi connectivity index (χ1n) is 5.59. The number of nitrogens with one attached hydrogen (secondary N) is 1. The Balaban J connectivity index is 2.83. The molecule has 0 atom stereocenters. The van der Waals surface area contributed by atoms with Crippen molar-refractivity contribution in [3.05, 3.63) is 11.3 Å². The zero-order chi connectivity index (χ0) is 12.7. The van der Waals surface area contributed by atoms with Gasteiger partial charge in [0.15, 0.2) is 11.5 Å². The minimum Gasteiger partial charge on any atom is -0.392 e. The number of allylic oxidation sites excluding steroid dienone is 1. The molecule has 17 heavy (non-hydrogen) atoms. The number of ether oxygens (including phenoxy) is 1. The van der Waals surface area contributed by atoms with Crippen molar-refractivity contribution in [3.63, 3.8) is 0 Å². The molecule has 0 radical (unpaired) electrons. The fourth-order valence-corrected chi connectivity index (χ4v) is 1.49. The van der Waals surface area contributed by atoms with E-state index in [-0.39, 0.29) is 6.61 Å². The summed E-state index contributed by atoms with van der Waals surface area (Å²) in [5.41, 5.74) is 2.47. The highest BCUT2D eigenvalue weighted by atomic mass is 16.6. The molecule has 0 spiro atoms. The van der Waals surface area contributed by atoms with E-state index in [0.717, 1.165) is 17.6 Å². The van der Waals surface area contributed by atoms with Crippen LogP contribution in [-0.4, -0.2) is 42.3 Å². The second-order valence-corrected chi connectivity index (χ2v) is 3.62. The highest BCUT2D eigenvalue weighted by Gasteiger charge is 2.13. The van der Waals surface area contributed by atoms with Crippen LogP contribution in [0.25, 0.3) is 5.57 Å². The SMILES string of the molecule is CC/C(CO)=C(/C)c1nonc1NCCOC. The summed E-state index contributed by atoms with van der Waals surface area (Å²) in [5.74, 6) is 0.582. The zero-order valence-electron chi connectivity index (χ0n) is 10.5. The smallest absolute Gasteiger partial charge is 0.198 e. The van der Waals surface area contributed by atoms with Crippen LogP contribution in [-0.2, 0) is 4.74 Å². The van der Waals surface area contributed by atoms with Crippen molar-refractivity contribution in [2.45, 2.75) is 20.3 Å². The maximum atomic E-state index is 9.22. The highest BCUT2D eigenvalue weighted by Crippen LogP contribution is 2.23. The Hall–Kier alpha value is -1.40.